The van der Waals surface area contributed by atoms with Gasteiger partial charge < -0.3 is 15.5 Å². The van der Waals surface area contributed by atoms with E-state index in [9.17, 15) is 14.0 Å². The second kappa shape index (κ2) is 10.0. The van der Waals surface area contributed by atoms with Crippen LogP contribution in [0.25, 0.3) is 11.5 Å². The summed E-state index contributed by atoms with van der Waals surface area (Å²) in [6.07, 6.45) is 3.94. The highest BCUT2D eigenvalue weighted by Gasteiger charge is 2.39. The van der Waals surface area contributed by atoms with Crippen LogP contribution in [0.4, 0.5) is 21.6 Å². The highest BCUT2D eigenvalue weighted by Crippen LogP contribution is 2.28. The maximum absolute atomic E-state index is 13.5. The standard InChI is InChI=1S/C28H25FN8O2/c1-35(17-18-8-3-2-4-9-18)22-15-24(32-20-10-7-13-36(28(20)39)25-11-5-6-12-30-25)34-37-23(16-31-26(22)37)27(38)33-21-14-19(21)29/h2-13,15-16,19,21H,14,17H2,1H3,(H,32,34)(H,33,38)/t19?,21-/m1/s1. The van der Waals surface area contributed by atoms with Crippen LogP contribution < -0.4 is 21.1 Å². The van der Waals surface area contributed by atoms with Crippen molar-refractivity contribution in [3.05, 3.63) is 107 Å². The van der Waals surface area contributed by atoms with Crippen molar-refractivity contribution in [3.8, 4) is 5.82 Å². The summed E-state index contributed by atoms with van der Waals surface area (Å²) in [5.74, 6) is 0.346. The Hall–Kier alpha value is -5.06. The minimum absolute atomic E-state index is 0.168. The summed E-state index contributed by atoms with van der Waals surface area (Å²) in [6, 6.07) is 19.9. The molecule has 0 saturated heterocycles. The molecule has 10 nitrogen and oxygen atoms in total. The molecule has 196 valence electrons. The minimum atomic E-state index is -1.04. The van der Waals surface area contributed by atoms with Crippen molar-refractivity contribution in [2.24, 2.45) is 0 Å². The van der Waals surface area contributed by atoms with Crippen molar-refractivity contribution in [1.29, 1.82) is 0 Å². The number of aromatic nitrogens is 5. The second-order valence-corrected chi connectivity index (χ2v) is 9.38. The Morgan fingerprint density at radius 3 is 2.64 bits per heavy atom. The highest BCUT2D eigenvalue weighted by molar-refractivity contribution is 5.94. The van der Waals surface area contributed by atoms with Crippen LogP contribution in [0.3, 0.4) is 0 Å². The lowest BCUT2D eigenvalue weighted by atomic mass is 10.2. The molecule has 5 aromatic rings. The molecule has 4 aromatic heterocycles. The molecule has 2 N–H and O–H groups in total. The van der Waals surface area contributed by atoms with Crippen LogP contribution >= 0.6 is 0 Å². The fraction of sp³-hybridized carbons (Fsp3) is 0.179. The third-order valence-corrected chi connectivity index (χ3v) is 6.49. The predicted molar refractivity (Wildman–Crippen MR) is 145 cm³/mol. The van der Waals surface area contributed by atoms with Gasteiger partial charge in [0.05, 0.1) is 17.9 Å². The third kappa shape index (κ3) is 4.93. The molecule has 1 aliphatic carbocycles. The van der Waals surface area contributed by atoms with Crippen LogP contribution in [0.5, 0.6) is 0 Å². The zero-order chi connectivity index (χ0) is 26.9. The van der Waals surface area contributed by atoms with Crippen molar-refractivity contribution >= 4 is 28.7 Å². The van der Waals surface area contributed by atoms with Gasteiger partial charge in [0.15, 0.2) is 17.2 Å². The van der Waals surface area contributed by atoms with Crippen LogP contribution in [0, 0.1) is 0 Å². The SMILES string of the molecule is CN(Cc1ccccc1)c1cc(Nc2cccn(-c3ccccn3)c2=O)nn2c(C(=O)N[C@@H]3CC3F)cnc12. The molecule has 4 heterocycles. The summed E-state index contributed by atoms with van der Waals surface area (Å²) in [7, 11) is 1.91. The van der Waals surface area contributed by atoms with Gasteiger partial charge in [-0.3, -0.25) is 14.2 Å². The van der Waals surface area contributed by atoms with Gasteiger partial charge in [-0.15, -0.1) is 5.10 Å². The van der Waals surface area contributed by atoms with Crippen LogP contribution in [0.1, 0.15) is 22.5 Å². The number of anilines is 3. The number of hydrogen-bond acceptors (Lipinski definition) is 7. The van der Waals surface area contributed by atoms with Gasteiger partial charge in [-0.05, 0) is 29.8 Å². The molecule has 2 atom stereocenters. The van der Waals surface area contributed by atoms with Crippen molar-refractivity contribution in [1.82, 2.24) is 29.5 Å². The van der Waals surface area contributed by atoms with Crippen molar-refractivity contribution < 1.29 is 9.18 Å². The Bertz CT molecular complexity index is 1700. The Morgan fingerprint density at radius 1 is 1.10 bits per heavy atom. The molecule has 0 bridgehead atoms. The number of fused-ring (bicyclic) bond motifs is 1. The average Bonchev–Trinajstić information content (AvgIpc) is 3.47. The lowest BCUT2D eigenvalue weighted by Crippen LogP contribution is -2.28. The first kappa shape index (κ1) is 24.3. The van der Waals surface area contributed by atoms with E-state index in [1.807, 2.05) is 42.3 Å². The van der Waals surface area contributed by atoms with E-state index >= 15 is 0 Å². The van der Waals surface area contributed by atoms with Gasteiger partial charge in [0.2, 0.25) is 0 Å². The molecule has 1 fully saturated rings. The number of hydrogen-bond donors (Lipinski definition) is 2. The summed E-state index contributed by atoms with van der Waals surface area (Å²) in [4.78, 5) is 36.9. The van der Waals surface area contributed by atoms with E-state index in [4.69, 9.17) is 0 Å². The number of carbonyl (C=O) groups excluding carboxylic acids is 1. The molecule has 1 saturated carbocycles. The number of rotatable bonds is 8. The Balaban J connectivity index is 1.40. The molecule has 0 aliphatic heterocycles. The van der Waals surface area contributed by atoms with Gasteiger partial charge >= 0.3 is 0 Å². The number of amides is 1. The van der Waals surface area contributed by atoms with Crippen molar-refractivity contribution in [3.63, 3.8) is 0 Å². The number of alkyl halides is 1. The molecule has 0 radical (unpaired) electrons. The van der Waals surface area contributed by atoms with Gasteiger partial charge in [0, 0.05) is 38.5 Å². The normalized spacial score (nSPS) is 16.2. The van der Waals surface area contributed by atoms with E-state index in [2.05, 4.69) is 25.7 Å². The molecule has 1 amide bonds. The monoisotopic (exact) mass is 524 g/mol. The fourth-order valence-electron chi connectivity index (χ4n) is 4.35. The molecule has 0 spiro atoms. The molecular weight excluding hydrogens is 499 g/mol. The Labute approximate surface area is 222 Å². The van der Waals surface area contributed by atoms with E-state index < -0.39 is 18.1 Å². The number of nitrogens with zero attached hydrogens (tertiary/aromatic N) is 6. The van der Waals surface area contributed by atoms with Crippen LogP contribution in [0.2, 0.25) is 0 Å². The smallest absolute Gasteiger partial charge is 0.279 e. The molecular formula is C28H25FN8O2. The van der Waals surface area contributed by atoms with Gasteiger partial charge in [-0.25, -0.2) is 18.9 Å². The minimum Gasteiger partial charge on any atom is -0.367 e. The molecule has 1 unspecified atom stereocenters. The Kier molecular flexibility index (Phi) is 6.23. The van der Waals surface area contributed by atoms with Crippen LogP contribution in [-0.4, -0.2) is 49.3 Å². The lowest BCUT2D eigenvalue weighted by molar-refractivity contribution is 0.0940. The lowest BCUT2D eigenvalue weighted by Gasteiger charge is -2.21. The predicted octanol–water partition coefficient (Wildman–Crippen LogP) is 3.50. The summed E-state index contributed by atoms with van der Waals surface area (Å²) < 4.78 is 16.3. The number of carbonyl (C=O) groups is 1. The zero-order valence-corrected chi connectivity index (χ0v) is 21.0. The fourth-order valence-corrected chi connectivity index (χ4v) is 4.35. The highest BCUT2D eigenvalue weighted by atomic mass is 19.1. The number of pyridine rings is 2. The maximum atomic E-state index is 13.5. The molecule has 1 aromatic carbocycles. The molecule has 11 heteroatoms. The molecule has 39 heavy (non-hydrogen) atoms. The largest absolute Gasteiger partial charge is 0.367 e. The number of benzene rings is 1. The zero-order valence-electron chi connectivity index (χ0n) is 21.0. The number of imidazole rings is 1. The van der Waals surface area contributed by atoms with Gasteiger partial charge in [-0.2, -0.15) is 0 Å². The van der Waals surface area contributed by atoms with Crippen molar-refractivity contribution in [2.45, 2.75) is 25.2 Å². The first-order chi connectivity index (χ1) is 19.0. The molecule has 6 rings (SSSR count). The maximum Gasteiger partial charge on any atom is 0.279 e. The van der Waals surface area contributed by atoms with E-state index in [1.165, 1.54) is 15.3 Å². The van der Waals surface area contributed by atoms with Crippen molar-refractivity contribution in [2.75, 3.05) is 17.3 Å². The van der Waals surface area contributed by atoms with E-state index in [1.54, 1.807) is 48.8 Å². The third-order valence-electron chi connectivity index (χ3n) is 6.49. The Morgan fingerprint density at radius 2 is 1.90 bits per heavy atom. The van der Waals surface area contributed by atoms with Gasteiger partial charge in [0.25, 0.3) is 11.5 Å². The summed E-state index contributed by atoms with van der Waals surface area (Å²) in [6.45, 7) is 0.567. The van der Waals surface area contributed by atoms with Gasteiger partial charge in [-0.1, -0.05) is 36.4 Å². The van der Waals surface area contributed by atoms with Crippen LogP contribution in [0.15, 0.2) is 90.1 Å². The summed E-state index contributed by atoms with van der Waals surface area (Å²) >= 11 is 0. The average molecular weight is 525 g/mol. The number of nitrogens with one attached hydrogen (secondary N) is 2. The van der Waals surface area contributed by atoms with E-state index in [0.29, 0.717) is 35.9 Å². The molecule has 1 aliphatic rings. The summed E-state index contributed by atoms with van der Waals surface area (Å²) in [5.41, 5.74) is 2.35. The topological polar surface area (TPSA) is 109 Å². The summed E-state index contributed by atoms with van der Waals surface area (Å²) in [5, 5.41) is 10.4. The number of halogens is 1. The first-order valence-corrected chi connectivity index (χ1v) is 12.5. The van der Waals surface area contributed by atoms with Crippen LogP contribution in [-0.2, 0) is 6.54 Å². The van der Waals surface area contributed by atoms with E-state index in [0.717, 1.165) is 5.56 Å². The van der Waals surface area contributed by atoms with Gasteiger partial charge in [0.1, 0.15) is 17.7 Å². The van der Waals surface area contributed by atoms with E-state index in [-0.39, 0.29) is 16.9 Å². The first-order valence-electron chi connectivity index (χ1n) is 12.5. The quantitative estimate of drug-likeness (QED) is 0.320. The second-order valence-electron chi connectivity index (χ2n) is 9.38.